The van der Waals surface area contributed by atoms with Crippen LogP contribution < -0.4 is 10.6 Å². The Bertz CT molecular complexity index is 316. The second-order valence-electron chi connectivity index (χ2n) is 4.46. The van der Waals surface area contributed by atoms with Crippen LogP contribution in [0.1, 0.15) is 24.8 Å². The first-order valence-electron chi connectivity index (χ1n) is 6.53. The highest BCUT2D eigenvalue weighted by Gasteiger charge is 2.04. The first kappa shape index (κ1) is 15.1. The van der Waals surface area contributed by atoms with Crippen LogP contribution in [0.3, 0.4) is 0 Å². The van der Waals surface area contributed by atoms with Gasteiger partial charge in [0.15, 0.2) is 0 Å². The first-order chi connectivity index (χ1) is 8.72. The molecule has 18 heavy (non-hydrogen) atoms. The molecule has 0 saturated heterocycles. The van der Waals surface area contributed by atoms with Crippen molar-refractivity contribution in [2.24, 2.45) is 0 Å². The number of benzene rings is 1. The highest BCUT2D eigenvalue weighted by atomic mass is 19.1. The van der Waals surface area contributed by atoms with E-state index in [9.17, 15) is 9.50 Å². The van der Waals surface area contributed by atoms with Crippen molar-refractivity contribution >= 4 is 0 Å². The number of nitrogens with one attached hydrogen (secondary N) is 2. The zero-order valence-electron chi connectivity index (χ0n) is 11.0. The van der Waals surface area contributed by atoms with Crippen LogP contribution >= 0.6 is 0 Å². The largest absolute Gasteiger partial charge is 0.378 e. The molecule has 1 aromatic rings. The van der Waals surface area contributed by atoms with Crippen molar-refractivity contribution in [3.05, 3.63) is 35.6 Å². The molecular formula is C14H23FN2O. The zero-order chi connectivity index (χ0) is 13.2. The topological polar surface area (TPSA) is 44.3 Å². The van der Waals surface area contributed by atoms with Gasteiger partial charge in [0.05, 0.1) is 0 Å². The number of halogens is 1. The Morgan fingerprint density at radius 3 is 2.44 bits per heavy atom. The molecule has 3 nitrogen and oxygen atoms in total. The van der Waals surface area contributed by atoms with Gasteiger partial charge in [-0.05, 0) is 50.7 Å². The van der Waals surface area contributed by atoms with Gasteiger partial charge in [0.25, 0.3) is 0 Å². The van der Waals surface area contributed by atoms with Gasteiger partial charge in [-0.2, -0.15) is 0 Å². The summed E-state index contributed by atoms with van der Waals surface area (Å²) in [5.41, 5.74) is 0.937. The molecule has 0 fully saturated rings. The van der Waals surface area contributed by atoms with Crippen molar-refractivity contribution < 1.29 is 9.50 Å². The molecule has 0 amide bonds. The Morgan fingerprint density at radius 2 is 1.78 bits per heavy atom. The average Bonchev–Trinajstić information content (AvgIpc) is 2.36. The molecule has 1 aromatic carbocycles. The van der Waals surface area contributed by atoms with E-state index in [-0.39, 0.29) is 5.82 Å². The Morgan fingerprint density at radius 1 is 1.11 bits per heavy atom. The highest BCUT2D eigenvalue weighted by molar-refractivity contribution is 5.16. The molecular weight excluding hydrogens is 231 g/mol. The van der Waals surface area contributed by atoms with Gasteiger partial charge in [0.1, 0.15) is 12.0 Å². The van der Waals surface area contributed by atoms with Crippen molar-refractivity contribution in [2.45, 2.75) is 31.9 Å². The lowest BCUT2D eigenvalue weighted by Crippen LogP contribution is -2.31. The summed E-state index contributed by atoms with van der Waals surface area (Å²) in [6.45, 7) is 1.85. The number of hydrogen-bond donors (Lipinski definition) is 3. The third kappa shape index (κ3) is 6.69. The summed E-state index contributed by atoms with van der Waals surface area (Å²) >= 11 is 0. The molecule has 1 atom stereocenters. The molecule has 0 aliphatic carbocycles. The standard InChI is InChI=1S/C14H23FN2O/c1-16-9-3-2-4-10-17-14(18)11-12-5-7-13(15)8-6-12/h5-8,14,16-18H,2-4,9-11H2,1H3. The minimum Gasteiger partial charge on any atom is -0.378 e. The minimum absolute atomic E-state index is 0.245. The fraction of sp³-hybridized carbons (Fsp3) is 0.571. The molecule has 0 aliphatic heterocycles. The van der Waals surface area contributed by atoms with Crippen LogP contribution in [0.4, 0.5) is 4.39 Å². The fourth-order valence-corrected chi connectivity index (χ4v) is 1.79. The van der Waals surface area contributed by atoms with Crippen molar-refractivity contribution in [2.75, 3.05) is 20.1 Å². The van der Waals surface area contributed by atoms with E-state index in [4.69, 9.17) is 0 Å². The van der Waals surface area contributed by atoms with Gasteiger partial charge in [0.2, 0.25) is 0 Å². The Balaban J connectivity index is 2.10. The molecule has 3 N–H and O–H groups in total. The number of unbranched alkanes of at least 4 members (excludes halogenated alkanes) is 2. The van der Waals surface area contributed by atoms with Crippen LogP contribution in [0.5, 0.6) is 0 Å². The molecule has 0 aromatic heterocycles. The maximum atomic E-state index is 12.7. The molecule has 0 bridgehead atoms. The van der Waals surface area contributed by atoms with E-state index >= 15 is 0 Å². The summed E-state index contributed by atoms with van der Waals surface area (Å²) < 4.78 is 12.7. The quantitative estimate of drug-likeness (QED) is 0.464. The van der Waals surface area contributed by atoms with Gasteiger partial charge in [0, 0.05) is 6.42 Å². The van der Waals surface area contributed by atoms with Crippen LogP contribution in [0.15, 0.2) is 24.3 Å². The molecule has 0 saturated carbocycles. The maximum absolute atomic E-state index is 12.7. The maximum Gasteiger partial charge on any atom is 0.123 e. The smallest absolute Gasteiger partial charge is 0.123 e. The Labute approximate surface area is 108 Å². The van der Waals surface area contributed by atoms with Crippen LogP contribution in [0.2, 0.25) is 0 Å². The van der Waals surface area contributed by atoms with Crippen LogP contribution in [0.25, 0.3) is 0 Å². The van der Waals surface area contributed by atoms with E-state index in [0.29, 0.717) is 6.42 Å². The van der Waals surface area contributed by atoms with Crippen LogP contribution in [-0.4, -0.2) is 31.5 Å². The monoisotopic (exact) mass is 254 g/mol. The number of rotatable bonds is 9. The summed E-state index contributed by atoms with van der Waals surface area (Å²) in [5.74, 6) is -0.245. The third-order valence-corrected chi connectivity index (χ3v) is 2.83. The van der Waals surface area contributed by atoms with Crippen molar-refractivity contribution in [1.82, 2.24) is 10.6 Å². The molecule has 0 heterocycles. The predicted molar refractivity (Wildman–Crippen MR) is 71.9 cm³/mol. The SMILES string of the molecule is CNCCCCCNC(O)Cc1ccc(F)cc1. The normalized spacial score (nSPS) is 12.6. The lowest BCUT2D eigenvalue weighted by atomic mass is 10.1. The molecule has 0 spiro atoms. The lowest BCUT2D eigenvalue weighted by Gasteiger charge is -2.12. The van der Waals surface area contributed by atoms with Gasteiger partial charge < -0.3 is 10.4 Å². The summed E-state index contributed by atoms with van der Waals surface area (Å²) in [5, 5.41) is 15.9. The van der Waals surface area contributed by atoms with Crippen LogP contribution in [0, 0.1) is 5.82 Å². The number of hydrogen-bond acceptors (Lipinski definition) is 3. The van der Waals surface area contributed by atoms with Gasteiger partial charge in [-0.1, -0.05) is 18.6 Å². The Kier molecular flexibility index (Phi) is 7.57. The zero-order valence-corrected chi connectivity index (χ0v) is 11.0. The predicted octanol–water partition coefficient (Wildman–Crippen LogP) is 1.67. The molecule has 0 aliphatic rings. The van der Waals surface area contributed by atoms with Gasteiger partial charge in [-0.3, -0.25) is 5.32 Å². The third-order valence-electron chi connectivity index (χ3n) is 2.83. The van der Waals surface area contributed by atoms with Gasteiger partial charge >= 0.3 is 0 Å². The highest BCUT2D eigenvalue weighted by Crippen LogP contribution is 2.05. The molecule has 0 radical (unpaired) electrons. The number of aliphatic hydroxyl groups is 1. The van der Waals surface area contributed by atoms with E-state index in [2.05, 4.69) is 10.6 Å². The summed E-state index contributed by atoms with van der Waals surface area (Å²) in [7, 11) is 1.95. The molecule has 4 heteroatoms. The summed E-state index contributed by atoms with van der Waals surface area (Å²) in [4.78, 5) is 0. The number of aliphatic hydroxyl groups excluding tert-OH is 1. The van der Waals surface area contributed by atoms with Crippen molar-refractivity contribution in [3.8, 4) is 0 Å². The van der Waals surface area contributed by atoms with Crippen molar-refractivity contribution in [1.29, 1.82) is 0 Å². The van der Waals surface area contributed by atoms with E-state index in [1.165, 1.54) is 12.1 Å². The van der Waals surface area contributed by atoms with Gasteiger partial charge in [-0.15, -0.1) is 0 Å². The second kappa shape index (κ2) is 9.03. The van der Waals surface area contributed by atoms with E-state index in [1.54, 1.807) is 12.1 Å². The van der Waals surface area contributed by atoms with Gasteiger partial charge in [-0.25, -0.2) is 4.39 Å². The Hall–Kier alpha value is -0.970. The molecule has 1 unspecified atom stereocenters. The first-order valence-corrected chi connectivity index (χ1v) is 6.53. The molecule has 102 valence electrons. The van der Waals surface area contributed by atoms with E-state index in [0.717, 1.165) is 37.9 Å². The van der Waals surface area contributed by atoms with Crippen molar-refractivity contribution in [3.63, 3.8) is 0 Å². The van der Waals surface area contributed by atoms with E-state index < -0.39 is 6.23 Å². The second-order valence-corrected chi connectivity index (χ2v) is 4.46. The fourth-order valence-electron chi connectivity index (χ4n) is 1.79. The van der Waals surface area contributed by atoms with E-state index in [1.807, 2.05) is 7.05 Å². The summed E-state index contributed by atoms with van der Waals surface area (Å²) in [6, 6.07) is 6.24. The summed E-state index contributed by atoms with van der Waals surface area (Å²) in [6.07, 6.45) is 3.32. The minimum atomic E-state index is -0.556. The van der Waals surface area contributed by atoms with Crippen LogP contribution in [-0.2, 0) is 6.42 Å². The lowest BCUT2D eigenvalue weighted by molar-refractivity contribution is 0.137. The molecule has 1 rings (SSSR count). The average molecular weight is 254 g/mol.